The zero-order valence-corrected chi connectivity index (χ0v) is 9.10. The minimum Gasteiger partial charge on any atom is -0.488 e. The summed E-state index contributed by atoms with van der Waals surface area (Å²) >= 11 is 0. The van der Waals surface area contributed by atoms with E-state index in [2.05, 4.69) is 4.98 Å². The van der Waals surface area contributed by atoms with Gasteiger partial charge in [0.05, 0.1) is 12.3 Å². The van der Waals surface area contributed by atoms with Crippen molar-refractivity contribution in [3.05, 3.63) is 24.0 Å². The van der Waals surface area contributed by atoms with Crippen LogP contribution in [0.5, 0.6) is 5.75 Å². The summed E-state index contributed by atoms with van der Waals surface area (Å²) in [7, 11) is 0. The van der Waals surface area contributed by atoms with Gasteiger partial charge in [-0.3, -0.25) is 4.98 Å². The number of nitrogens with zero attached hydrogens (tertiary/aromatic N) is 1. The van der Waals surface area contributed by atoms with E-state index in [0.717, 1.165) is 0 Å². The number of carboxylic acids is 1. The Morgan fingerprint density at radius 2 is 2.13 bits per heavy atom. The molecule has 0 aliphatic heterocycles. The Morgan fingerprint density at radius 3 is 2.67 bits per heavy atom. The molecule has 0 saturated carbocycles. The lowest BCUT2D eigenvalue weighted by molar-refractivity contribution is 0.0686. The lowest BCUT2D eigenvalue weighted by atomic mass is 10.1. The van der Waals surface area contributed by atoms with Gasteiger partial charge >= 0.3 is 5.97 Å². The Hall–Kier alpha value is -1.58. The molecular formula is C11H15NO3. The number of pyridine rings is 1. The first-order chi connectivity index (χ1) is 7.02. The molecule has 15 heavy (non-hydrogen) atoms. The normalized spacial score (nSPS) is 12.5. The van der Waals surface area contributed by atoms with Crippen LogP contribution in [0.15, 0.2) is 18.5 Å². The molecule has 1 aromatic rings. The molecule has 0 fully saturated rings. The molecule has 1 unspecified atom stereocenters. The molecule has 1 rings (SSSR count). The Balaban J connectivity index is 2.89. The number of carbonyl (C=O) groups is 1. The number of hydrogen-bond donors (Lipinski definition) is 1. The van der Waals surface area contributed by atoms with E-state index in [1.54, 1.807) is 0 Å². The molecule has 4 heteroatoms. The monoisotopic (exact) mass is 209 g/mol. The zero-order valence-electron chi connectivity index (χ0n) is 9.10. The summed E-state index contributed by atoms with van der Waals surface area (Å²) in [5.41, 5.74) is 0.150. The third-order valence-electron chi connectivity index (χ3n) is 2.27. The molecule has 1 heterocycles. The van der Waals surface area contributed by atoms with Gasteiger partial charge in [0.15, 0.2) is 5.75 Å². The maximum Gasteiger partial charge on any atom is 0.339 e. The first-order valence-corrected chi connectivity index (χ1v) is 4.86. The molecule has 0 aliphatic carbocycles. The topological polar surface area (TPSA) is 59.4 Å². The molecule has 0 amide bonds. The lowest BCUT2D eigenvalue weighted by Gasteiger charge is -2.18. The zero-order chi connectivity index (χ0) is 11.4. The van der Waals surface area contributed by atoms with E-state index in [1.165, 1.54) is 18.5 Å². The Bertz CT molecular complexity index is 349. The van der Waals surface area contributed by atoms with E-state index >= 15 is 0 Å². The van der Waals surface area contributed by atoms with Crippen molar-refractivity contribution in [3.63, 3.8) is 0 Å². The predicted molar refractivity (Wildman–Crippen MR) is 56.1 cm³/mol. The number of aromatic carboxylic acids is 1. The van der Waals surface area contributed by atoms with Gasteiger partial charge in [0.2, 0.25) is 0 Å². The van der Waals surface area contributed by atoms with Gasteiger partial charge in [-0.15, -0.1) is 0 Å². The molecule has 0 spiro atoms. The van der Waals surface area contributed by atoms with Crippen LogP contribution in [0.4, 0.5) is 0 Å². The van der Waals surface area contributed by atoms with Crippen molar-refractivity contribution in [2.24, 2.45) is 5.92 Å². The van der Waals surface area contributed by atoms with Crippen molar-refractivity contribution >= 4 is 5.97 Å². The van der Waals surface area contributed by atoms with Gasteiger partial charge in [0.25, 0.3) is 0 Å². The van der Waals surface area contributed by atoms with Crippen LogP contribution in [0, 0.1) is 5.92 Å². The maximum atomic E-state index is 10.9. The Labute approximate surface area is 88.9 Å². The van der Waals surface area contributed by atoms with Crippen molar-refractivity contribution in [2.75, 3.05) is 0 Å². The van der Waals surface area contributed by atoms with Crippen LogP contribution in [0.2, 0.25) is 0 Å². The van der Waals surface area contributed by atoms with Crippen LogP contribution in [0.3, 0.4) is 0 Å². The summed E-state index contributed by atoms with van der Waals surface area (Å²) in [5, 5.41) is 8.91. The van der Waals surface area contributed by atoms with Crippen molar-refractivity contribution in [1.29, 1.82) is 0 Å². The smallest absolute Gasteiger partial charge is 0.339 e. The number of ether oxygens (including phenoxy) is 1. The second kappa shape index (κ2) is 4.77. The van der Waals surface area contributed by atoms with Gasteiger partial charge in [-0.2, -0.15) is 0 Å². The molecule has 1 aromatic heterocycles. The largest absolute Gasteiger partial charge is 0.488 e. The quantitative estimate of drug-likeness (QED) is 0.825. The number of rotatable bonds is 4. The highest BCUT2D eigenvalue weighted by molar-refractivity contribution is 5.90. The first kappa shape index (κ1) is 11.5. The fourth-order valence-corrected chi connectivity index (χ4v) is 0.987. The van der Waals surface area contributed by atoms with E-state index in [9.17, 15) is 4.79 Å². The predicted octanol–water partition coefficient (Wildman–Crippen LogP) is 2.20. The highest BCUT2D eigenvalue weighted by Crippen LogP contribution is 2.19. The van der Waals surface area contributed by atoms with Crippen LogP contribution in [0.25, 0.3) is 0 Å². The van der Waals surface area contributed by atoms with Crippen LogP contribution in [-0.4, -0.2) is 22.2 Å². The molecule has 0 aliphatic rings. The second-order valence-corrected chi connectivity index (χ2v) is 3.74. The van der Waals surface area contributed by atoms with Crippen LogP contribution in [0.1, 0.15) is 31.1 Å². The molecule has 1 N–H and O–H groups in total. The number of carboxylic acid groups (broad SMARTS) is 1. The average Bonchev–Trinajstić information content (AvgIpc) is 2.18. The highest BCUT2D eigenvalue weighted by atomic mass is 16.5. The molecule has 0 bridgehead atoms. The lowest BCUT2D eigenvalue weighted by Crippen LogP contribution is -2.20. The molecule has 0 saturated heterocycles. The third-order valence-corrected chi connectivity index (χ3v) is 2.27. The standard InChI is InChI=1S/C11H15NO3/c1-7(2)8(3)15-10-6-12-5-4-9(10)11(13)14/h4-8H,1-3H3,(H,13,14). The van der Waals surface area contributed by atoms with E-state index in [4.69, 9.17) is 9.84 Å². The van der Waals surface area contributed by atoms with Gasteiger partial charge in [-0.25, -0.2) is 4.79 Å². The van der Waals surface area contributed by atoms with E-state index in [0.29, 0.717) is 11.7 Å². The molecule has 0 aromatic carbocycles. The Kier molecular flexibility index (Phi) is 3.66. The summed E-state index contributed by atoms with van der Waals surface area (Å²) in [4.78, 5) is 14.7. The van der Waals surface area contributed by atoms with Crippen molar-refractivity contribution < 1.29 is 14.6 Å². The fraction of sp³-hybridized carbons (Fsp3) is 0.455. The van der Waals surface area contributed by atoms with Gasteiger partial charge in [-0.1, -0.05) is 13.8 Å². The summed E-state index contributed by atoms with van der Waals surface area (Å²) in [6, 6.07) is 1.44. The van der Waals surface area contributed by atoms with Gasteiger partial charge in [0.1, 0.15) is 5.56 Å². The van der Waals surface area contributed by atoms with Crippen molar-refractivity contribution in [3.8, 4) is 5.75 Å². The maximum absolute atomic E-state index is 10.9. The van der Waals surface area contributed by atoms with Crippen LogP contribution >= 0.6 is 0 Å². The minimum absolute atomic E-state index is 0.0349. The number of aromatic nitrogens is 1. The van der Waals surface area contributed by atoms with E-state index in [-0.39, 0.29) is 11.7 Å². The molecular weight excluding hydrogens is 194 g/mol. The molecule has 4 nitrogen and oxygen atoms in total. The second-order valence-electron chi connectivity index (χ2n) is 3.74. The summed E-state index contributed by atoms with van der Waals surface area (Å²) in [6.07, 6.45) is 2.84. The van der Waals surface area contributed by atoms with E-state index in [1.807, 2.05) is 20.8 Å². The molecule has 0 radical (unpaired) electrons. The summed E-state index contributed by atoms with van der Waals surface area (Å²) < 4.78 is 5.52. The summed E-state index contributed by atoms with van der Waals surface area (Å²) in [5.74, 6) is -0.346. The van der Waals surface area contributed by atoms with Gasteiger partial charge in [-0.05, 0) is 18.9 Å². The highest BCUT2D eigenvalue weighted by Gasteiger charge is 2.15. The molecule has 82 valence electrons. The Morgan fingerprint density at radius 1 is 1.47 bits per heavy atom. The van der Waals surface area contributed by atoms with Crippen LogP contribution in [-0.2, 0) is 0 Å². The van der Waals surface area contributed by atoms with Gasteiger partial charge in [0, 0.05) is 6.20 Å². The minimum atomic E-state index is -0.997. The molecule has 1 atom stereocenters. The first-order valence-electron chi connectivity index (χ1n) is 4.86. The third kappa shape index (κ3) is 2.94. The van der Waals surface area contributed by atoms with Crippen molar-refractivity contribution in [1.82, 2.24) is 4.98 Å². The SMILES string of the molecule is CC(C)C(C)Oc1cnccc1C(=O)O. The van der Waals surface area contributed by atoms with Crippen molar-refractivity contribution in [2.45, 2.75) is 26.9 Å². The van der Waals surface area contributed by atoms with E-state index < -0.39 is 5.97 Å². The average molecular weight is 209 g/mol. The summed E-state index contributed by atoms with van der Waals surface area (Å²) in [6.45, 7) is 5.94. The fourth-order valence-electron chi connectivity index (χ4n) is 0.987. The number of hydrogen-bond acceptors (Lipinski definition) is 3. The van der Waals surface area contributed by atoms with Crippen LogP contribution < -0.4 is 4.74 Å². The van der Waals surface area contributed by atoms with Gasteiger partial charge < -0.3 is 9.84 Å².